The molecule has 0 spiro atoms. The molecule has 1 saturated heterocycles. The Balaban J connectivity index is 0.000000606. The third kappa shape index (κ3) is 3.51. The van der Waals surface area contributed by atoms with Crippen LogP contribution in [-0.4, -0.2) is 18.5 Å². The van der Waals surface area contributed by atoms with Crippen LogP contribution in [0.25, 0.3) is 0 Å². The molecule has 0 saturated carbocycles. The van der Waals surface area contributed by atoms with Crippen LogP contribution in [0.1, 0.15) is 6.42 Å². The molecule has 3 nitrogen and oxygen atoms in total. The summed E-state index contributed by atoms with van der Waals surface area (Å²) in [5.74, 6) is -0.568. The van der Waals surface area contributed by atoms with Gasteiger partial charge in [0, 0.05) is 0 Å². The molecule has 0 aromatic heterocycles. The van der Waals surface area contributed by atoms with Crippen molar-refractivity contribution in [2.24, 2.45) is 0 Å². The van der Waals surface area contributed by atoms with E-state index in [0.717, 1.165) is 13.0 Å². The van der Waals surface area contributed by atoms with Gasteiger partial charge in [0.15, 0.2) is 0 Å². The van der Waals surface area contributed by atoms with Crippen LogP contribution >= 0.6 is 9.69 Å². The van der Waals surface area contributed by atoms with Gasteiger partial charge in [-0.05, 0) is 25.1 Å². The van der Waals surface area contributed by atoms with Crippen LogP contribution < -0.4 is 10.6 Å². The first-order valence-electron chi connectivity index (χ1n) is 4.69. The summed E-state index contributed by atoms with van der Waals surface area (Å²) in [5.41, 5.74) is 0.242. The first kappa shape index (κ1) is 13.6. The standard InChI is InChI=1S/C10H11FN2O.ClH.Ru/c11-7-3-1-2-4-8(7)13-10(14)9-5-6-12-9;;/h1-4,9,12H,5-6H2,(H,13,14);1H;/q;;+1/p-1/t9-;;/m0../s1. The molecule has 1 heterocycles. The molecule has 0 aliphatic carbocycles. The number of amides is 1. The molecule has 1 aromatic rings. The fourth-order valence-corrected chi connectivity index (χ4v) is 1.29. The number of carbonyl (C=O) groups excluding carboxylic acids is 1. The molecule has 89 valence electrons. The van der Waals surface area contributed by atoms with E-state index in [2.05, 4.69) is 20.3 Å². The molecule has 16 heavy (non-hydrogen) atoms. The number of halogens is 2. The number of benzene rings is 1. The summed E-state index contributed by atoms with van der Waals surface area (Å²) in [7, 11) is 4.57. The van der Waals surface area contributed by atoms with Gasteiger partial charge in [0.05, 0.1) is 11.7 Å². The number of anilines is 1. The van der Waals surface area contributed by atoms with Gasteiger partial charge in [0.1, 0.15) is 5.82 Å². The van der Waals surface area contributed by atoms with E-state index < -0.39 is 5.82 Å². The molecule has 0 unspecified atom stereocenters. The zero-order chi connectivity index (χ0) is 12.0. The molecular weight excluding hydrogens is 320 g/mol. The Kier molecular flexibility index (Phi) is 5.88. The van der Waals surface area contributed by atoms with Crippen molar-refractivity contribution in [1.82, 2.24) is 5.32 Å². The van der Waals surface area contributed by atoms with Crippen molar-refractivity contribution in [1.29, 1.82) is 0 Å². The molecule has 6 heteroatoms. The van der Waals surface area contributed by atoms with Gasteiger partial charge in [-0.15, -0.1) is 0 Å². The molecule has 1 aromatic carbocycles. The molecule has 1 amide bonds. The minimum atomic E-state index is -0.403. The average Bonchev–Trinajstić information content (AvgIpc) is 2.22. The Bertz CT molecular complexity index is 360. The van der Waals surface area contributed by atoms with Gasteiger partial charge in [-0.25, -0.2) is 4.39 Å². The molecular formula is C10H11ClFN2ORu. The topological polar surface area (TPSA) is 41.1 Å². The zero-order valence-corrected chi connectivity index (χ0v) is 10.8. The first-order chi connectivity index (χ1) is 7.77. The second-order valence-electron chi connectivity index (χ2n) is 3.26. The molecule has 2 N–H and O–H groups in total. The van der Waals surface area contributed by atoms with Crippen molar-refractivity contribution >= 4 is 21.3 Å². The maximum absolute atomic E-state index is 13.1. The monoisotopic (exact) mass is 331 g/mol. The number of carbonyl (C=O) groups is 1. The summed E-state index contributed by atoms with van der Waals surface area (Å²) in [6.45, 7) is 0.857. The predicted octanol–water partition coefficient (Wildman–Crippen LogP) is 1.81. The van der Waals surface area contributed by atoms with E-state index in [1.165, 1.54) is 6.07 Å². The van der Waals surface area contributed by atoms with Crippen LogP contribution in [0.2, 0.25) is 0 Å². The van der Waals surface area contributed by atoms with Crippen molar-refractivity contribution in [3.8, 4) is 0 Å². The van der Waals surface area contributed by atoms with Crippen LogP contribution in [0.3, 0.4) is 0 Å². The summed E-state index contributed by atoms with van der Waals surface area (Å²) < 4.78 is 13.1. The van der Waals surface area contributed by atoms with Gasteiger partial charge in [-0.3, -0.25) is 4.79 Å². The van der Waals surface area contributed by atoms with E-state index in [1.807, 2.05) is 17.3 Å². The fraction of sp³-hybridized carbons (Fsp3) is 0.300. The van der Waals surface area contributed by atoms with Gasteiger partial charge in [0.25, 0.3) is 0 Å². The van der Waals surface area contributed by atoms with Gasteiger partial charge in [-0.1, -0.05) is 12.1 Å². The molecule has 1 aliphatic heterocycles. The van der Waals surface area contributed by atoms with Crippen molar-refractivity contribution in [3.05, 3.63) is 30.1 Å². The molecule has 1 aliphatic rings. The number of rotatable bonds is 2. The van der Waals surface area contributed by atoms with Crippen molar-refractivity contribution in [2.75, 3.05) is 11.9 Å². The van der Waals surface area contributed by atoms with Crippen molar-refractivity contribution in [3.63, 3.8) is 0 Å². The third-order valence-electron chi connectivity index (χ3n) is 2.27. The number of hydrogen-bond acceptors (Lipinski definition) is 2. The molecule has 0 radical (unpaired) electrons. The number of hydrogen-bond donors (Lipinski definition) is 2. The van der Waals surface area contributed by atoms with E-state index in [-0.39, 0.29) is 17.6 Å². The molecule has 2 rings (SSSR count). The Morgan fingerprint density at radius 1 is 1.50 bits per heavy atom. The summed E-state index contributed by atoms with van der Waals surface area (Å²) in [5, 5.41) is 5.49. The van der Waals surface area contributed by atoms with Crippen LogP contribution in [-0.2, 0) is 22.1 Å². The summed E-state index contributed by atoms with van der Waals surface area (Å²) in [6.07, 6.45) is 0.820. The summed E-state index contributed by atoms with van der Waals surface area (Å²) in [4.78, 5) is 11.4. The Labute approximate surface area is 107 Å². The summed E-state index contributed by atoms with van der Waals surface area (Å²) >= 11 is 1.82. The normalized spacial score (nSPS) is 17.8. The number of nitrogens with one attached hydrogen (secondary N) is 2. The second kappa shape index (κ2) is 6.94. The van der Waals surface area contributed by atoms with E-state index in [4.69, 9.17) is 0 Å². The average molecular weight is 331 g/mol. The van der Waals surface area contributed by atoms with E-state index >= 15 is 0 Å². The SMILES string of the molecule is O=C(Nc1ccccc1F)[C@@H]1CCN1.[Cl][Ru]. The van der Waals surface area contributed by atoms with Crippen molar-refractivity contribution in [2.45, 2.75) is 12.5 Å². The van der Waals surface area contributed by atoms with Crippen LogP contribution in [0.5, 0.6) is 0 Å². The zero-order valence-electron chi connectivity index (χ0n) is 8.32. The van der Waals surface area contributed by atoms with Gasteiger partial charge >= 0.3 is 27.0 Å². The Hall–Kier alpha value is -0.507. The predicted molar refractivity (Wildman–Crippen MR) is 57.3 cm³/mol. The Morgan fingerprint density at radius 2 is 2.12 bits per heavy atom. The van der Waals surface area contributed by atoms with E-state index in [1.54, 1.807) is 18.2 Å². The van der Waals surface area contributed by atoms with Gasteiger partial charge in [-0.2, -0.15) is 0 Å². The third-order valence-corrected chi connectivity index (χ3v) is 2.27. The Morgan fingerprint density at radius 3 is 2.62 bits per heavy atom. The number of para-hydroxylation sites is 1. The molecule has 1 fully saturated rings. The molecule has 1 atom stereocenters. The fourth-order valence-electron chi connectivity index (χ4n) is 1.29. The van der Waals surface area contributed by atoms with Gasteiger partial charge < -0.3 is 10.6 Å². The van der Waals surface area contributed by atoms with Crippen LogP contribution in [0.15, 0.2) is 24.3 Å². The molecule has 0 bridgehead atoms. The van der Waals surface area contributed by atoms with E-state index in [0.29, 0.717) is 0 Å². The van der Waals surface area contributed by atoms with Gasteiger partial charge in [0.2, 0.25) is 5.91 Å². The first-order valence-corrected chi connectivity index (χ1v) is 6.93. The quantitative estimate of drug-likeness (QED) is 0.812. The second-order valence-corrected chi connectivity index (χ2v) is 3.26. The van der Waals surface area contributed by atoms with Crippen molar-refractivity contribution < 1.29 is 26.5 Å². The van der Waals surface area contributed by atoms with Crippen LogP contribution in [0, 0.1) is 5.82 Å². The summed E-state index contributed by atoms with van der Waals surface area (Å²) in [6, 6.07) is 5.99. The van der Waals surface area contributed by atoms with Crippen LogP contribution in [0.4, 0.5) is 10.1 Å². The van der Waals surface area contributed by atoms with E-state index in [9.17, 15) is 9.18 Å². The maximum atomic E-state index is 13.1. The minimum absolute atomic E-state index is 0.158.